The van der Waals surface area contributed by atoms with Gasteiger partial charge in [0.25, 0.3) is 0 Å². The van der Waals surface area contributed by atoms with Gasteiger partial charge in [-0.2, -0.15) is 4.98 Å². The number of nitrogens with zero attached hydrogens (tertiary/aromatic N) is 3. The summed E-state index contributed by atoms with van der Waals surface area (Å²) in [6.45, 7) is 0.514. The Morgan fingerprint density at radius 3 is 2.39 bits per heavy atom. The summed E-state index contributed by atoms with van der Waals surface area (Å²) in [7, 11) is 3.59. The van der Waals surface area contributed by atoms with Crippen molar-refractivity contribution >= 4 is 44.5 Å². The van der Waals surface area contributed by atoms with E-state index >= 15 is 0 Å². The van der Waals surface area contributed by atoms with Gasteiger partial charge in [-0.05, 0) is 49.4 Å². The van der Waals surface area contributed by atoms with E-state index in [9.17, 15) is 13.6 Å². The molecule has 1 aliphatic carbocycles. The van der Waals surface area contributed by atoms with E-state index in [1.165, 1.54) is 0 Å². The Morgan fingerprint density at radius 2 is 1.73 bits per heavy atom. The molecule has 2 N–H and O–H groups in total. The topological polar surface area (TPSA) is 70.2 Å². The second-order valence-electron chi connectivity index (χ2n) is 8.59. The molecule has 1 amide bonds. The van der Waals surface area contributed by atoms with Gasteiger partial charge in [-0.25, -0.2) is 13.8 Å². The number of benzene rings is 2. The van der Waals surface area contributed by atoms with Crippen molar-refractivity contribution in [3.8, 4) is 0 Å². The van der Waals surface area contributed by atoms with Crippen LogP contribution in [0.4, 0.5) is 20.5 Å². The van der Waals surface area contributed by atoms with E-state index in [0.717, 1.165) is 47.9 Å². The van der Waals surface area contributed by atoms with Crippen molar-refractivity contribution in [1.82, 2.24) is 15.3 Å². The number of hydrogen-bond acceptors (Lipinski definition) is 5. The molecule has 0 saturated heterocycles. The van der Waals surface area contributed by atoms with Crippen LogP contribution in [0.1, 0.15) is 31.2 Å². The highest BCUT2D eigenvalue weighted by Gasteiger charge is 2.27. The molecule has 33 heavy (non-hydrogen) atoms. The Morgan fingerprint density at radius 1 is 1.06 bits per heavy atom. The zero-order valence-corrected chi connectivity index (χ0v) is 20.1. The van der Waals surface area contributed by atoms with Gasteiger partial charge in [0.05, 0.1) is 5.52 Å². The maximum absolute atomic E-state index is 13.8. The van der Waals surface area contributed by atoms with Gasteiger partial charge in [-0.3, -0.25) is 4.79 Å². The first-order chi connectivity index (χ1) is 15.8. The average Bonchev–Trinajstić information content (AvgIpc) is 2.79. The number of amides is 1. The number of carbonyl (C=O) groups is 1. The first kappa shape index (κ1) is 23.4. The molecule has 1 aliphatic rings. The Kier molecular flexibility index (Phi) is 7.07. The van der Waals surface area contributed by atoms with E-state index in [-0.39, 0.29) is 17.9 Å². The van der Waals surface area contributed by atoms with Crippen molar-refractivity contribution in [1.29, 1.82) is 0 Å². The fraction of sp³-hybridized carbons (Fsp3) is 0.375. The number of carbonyl (C=O) groups excluding carboxylic acids is 1. The first-order valence-electron chi connectivity index (χ1n) is 10.9. The summed E-state index contributed by atoms with van der Waals surface area (Å²) in [5, 5.41) is 6.81. The third-order valence-electron chi connectivity index (χ3n) is 5.95. The summed E-state index contributed by atoms with van der Waals surface area (Å²) in [6, 6.07) is 10.2. The van der Waals surface area contributed by atoms with Crippen molar-refractivity contribution in [3.05, 3.63) is 58.1 Å². The summed E-state index contributed by atoms with van der Waals surface area (Å²) < 4.78 is 28.5. The van der Waals surface area contributed by atoms with Gasteiger partial charge in [0.15, 0.2) is 11.6 Å². The van der Waals surface area contributed by atoms with Crippen LogP contribution in [0, 0.1) is 17.6 Å². The molecule has 174 valence electrons. The minimum atomic E-state index is -0.938. The molecule has 2 aromatic carbocycles. The average molecular weight is 518 g/mol. The van der Waals surface area contributed by atoms with Crippen molar-refractivity contribution < 1.29 is 13.6 Å². The number of halogens is 3. The Labute approximate surface area is 199 Å². The normalized spacial score (nSPS) is 18.2. The molecule has 0 radical (unpaired) electrons. The van der Waals surface area contributed by atoms with Crippen LogP contribution in [-0.2, 0) is 11.3 Å². The Balaban J connectivity index is 1.37. The number of fused-ring (bicyclic) bond motifs is 1. The van der Waals surface area contributed by atoms with Gasteiger partial charge in [-0.1, -0.05) is 28.1 Å². The lowest BCUT2D eigenvalue weighted by atomic mass is 9.85. The van der Waals surface area contributed by atoms with Gasteiger partial charge in [0.2, 0.25) is 11.9 Å². The first-order valence-corrected chi connectivity index (χ1v) is 11.7. The second kappa shape index (κ2) is 9.99. The molecule has 9 heteroatoms. The maximum atomic E-state index is 13.8. The lowest BCUT2D eigenvalue weighted by molar-refractivity contribution is -0.126. The predicted molar refractivity (Wildman–Crippen MR) is 129 cm³/mol. The third-order valence-corrected chi connectivity index (χ3v) is 6.48. The smallest absolute Gasteiger partial charge is 0.225 e. The molecule has 1 fully saturated rings. The van der Waals surface area contributed by atoms with E-state index in [1.807, 2.05) is 24.3 Å². The molecule has 1 saturated carbocycles. The molecule has 1 heterocycles. The van der Waals surface area contributed by atoms with Gasteiger partial charge in [0.1, 0.15) is 5.82 Å². The van der Waals surface area contributed by atoms with Gasteiger partial charge in [0, 0.05) is 48.5 Å². The fourth-order valence-electron chi connectivity index (χ4n) is 4.13. The number of rotatable bonds is 6. The van der Waals surface area contributed by atoms with Crippen LogP contribution < -0.4 is 15.5 Å². The van der Waals surface area contributed by atoms with Crippen LogP contribution in [-0.4, -0.2) is 36.0 Å². The van der Waals surface area contributed by atoms with Crippen LogP contribution in [0.25, 0.3) is 10.9 Å². The molecular formula is C24H26BrF2N5O. The molecule has 0 atom stereocenters. The number of anilines is 2. The second-order valence-corrected chi connectivity index (χ2v) is 9.50. The summed E-state index contributed by atoms with van der Waals surface area (Å²) in [5.41, 5.74) is 1.40. The molecule has 0 spiro atoms. The minimum Gasteiger partial charge on any atom is -0.362 e. The zero-order valence-electron chi connectivity index (χ0n) is 18.5. The van der Waals surface area contributed by atoms with Crippen LogP contribution in [0.5, 0.6) is 0 Å². The highest BCUT2D eigenvalue weighted by Crippen LogP contribution is 2.29. The van der Waals surface area contributed by atoms with Crippen LogP contribution in [0.3, 0.4) is 0 Å². The van der Waals surface area contributed by atoms with Crippen molar-refractivity contribution in [2.45, 2.75) is 38.3 Å². The lowest BCUT2D eigenvalue weighted by Crippen LogP contribution is -2.35. The molecule has 1 aromatic heterocycles. The number of nitrogens with one attached hydrogen (secondary N) is 2. The molecule has 0 aliphatic heterocycles. The van der Waals surface area contributed by atoms with E-state index < -0.39 is 11.6 Å². The summed E-state index contributed by atoms with van der Waals surface area (Å²) in [4.78, 5) is 23.3. The number of hydrogen-bond donors (Lipinski definition) is 2. The Bertz CT molecular complexity index is 1150. The molecular weight excluding hydrogens is 492 g/mol. The predicted octanol–water partition coefficient (Wildman–Crippen LogP) is 5.02. The highest BCUT2D eigenvalue weighted by molar-refractivity contribution is 9.10. The minimum absolute atomic E-state index is 0.0228. The van der Waals surface area contributed by atoms with Crippen LogP contribution in [0.15, 0.2) is 40.9 Å². The number of aromatic nitrogens is 2. The van der Waals surface area contributed by atoms with E-state index in [2.05, 4.69) is 36.5 Å². The van der Waals surface area contributed by atoms with Gasteiger partial charge < -0.3 is 15.5 Å². The highest BCUT2D eigenvalue weighted by atomic mass is 79.9. The largest absolute Gasteiger partial charge is 0.362 e. The molecule has 6 nitrogen and oxygen atoms in total. The lowest BCUT2D eigenvalue weighted by Gasteiger charge is -2.28. The van der Waals surface area contributed by atoms with Gasteiger partial charge in [-0.15, -0.1) is 0 Å². The van der Waals surface area contributed by atoms with Crippen molar-refractivity contribution in [2.24, 2.45) is 5.92 Å². The molecule has 0 unspecified atom stereocenters. The van der Waals surface area contributed by atoms with Crippen LogP contribution in [0.2, 0.25) is 0 Å². The SMILES string of the molecule is CN(C)c1nc(NC2CCC(C(=O)NCc3ccc(Br)cc3)CC2)nc2cc(F)c(F)cc12. The monoisotopic (exact) mass is 517 g/mol. The molecule has 3 aromatic rings. The van der Waals surface area contributed by atoms with E-state index in [1.54, 1.807) is 19.0 Å². The van der Waals surface area contributed by atoms with Crippen molar-refractivity contribution in [3.63, 3.8) is 0 Å². The summed E-state index contributed by atoms with van der Waals surface area (Å²) >= 11 is 3.41. The third kappa shape index (κ3) is 5.58. The zero-order chi connectivity index (χ0) is 23.5. The van der Waals surface area contributed by atoms with E-state index in [0.29, 0.717) is 29.2 Å². The molecule has 0 bridgehead atoms. The maximum Gasteiger partial charge on any atom is 0.225 e. The quantitative estimate of drug-likeness (QED) is 0.480. The summed E-state index contributed by atoms with van der Waals surface area (Å²) in [5.74, 6) is -0.919. The standard InChI is InChI=1S/C24H26BrF2N5O/c1-32(2)22-18-11-19(26)20(27)12-21(18)30-24(31-22)29-17-9-5-15(6-10-17)23(33)28-13-14-3-7-16(25)8-4-14/h3-4,7-8,11-12,15,17H,5-6,9-10,13H2,1-2H3,(H,28,33)(H,29,30,31). The Hall–Kier alpha value is -2.81. The summed E-state index contributed by atoms with van der Waals surface area (Å²) in [6.07, 6.45) is 3.12. The van der Waals surface area contributed by atoms with E-state index in [4.69, 9.17) is 0 Å². The van der Waals surface area contributed by atoms with Gasteiger partial charge >= 0.3 is 0 Å². The van der Waals surface area contributed by atoms with Crippen molar-refractivity contribution in [2.75, 3.05) is 24.3 Å². The van der Waals surface area contributed by atoms with Crippen LogP contribution >= 0.6 is 15.9 Å². The molecule has 4 rings (SSSR count). The fourth-order valence-corrected chi connectivity index (χ4v) is 4.40.